The van der Waals surface area contributed by atoms with E-state index >= 15 is 0 Å². The van der Waals surface area contributed by atoms with Gasteiger partial charge in [0.15, 0.2) is 0 Å². The number of likely N-dealkylation sites (tertiary alicyclic amines) is 1. The third kappa shape index (κ3) is 4.56. The number of para-hydroxylation sites is 1. The average molecular weight is 407 g/mol. The number of carbonyl (C=O) groups is 2. The number of hydrogen-bond acceptors (Lipinski definition) is 4. The Labute approximate surface area is 165 Å². The van der Waals surface area contributed by atoms with Gasteiger partial charge in [-0.2, -0.15) is 13.2 Å². The number of nitrogens with zero attached hydrogens (tertiary/aromatic N) is 2. The minimum atomic E-state index is -5.08. The van der Waals surface area contributed by atoms with Crippen molar-refractivity contribution in [3.63, 3.8) is 0 Å². The molecule has 1 amide bonds. The number of pyridine rings is 1. The monoisotopic (exact) mass is 407 g/mol. The first-order valence-corrected chi connectivity index (χ1v) is 9.06. The normalized spacial score (nSPS) is 17.8. The van der Waals surface area contributed by atoms with Crippen LogP contribution in [0.5, 0.6) is 0 Å². The van der Waals surface area contributed by atoms with Crippen LogP contribution in [0.2, 0.25) is 0 Å². The van der Waals surface area contributed by atoms with Crippen LogP contribution in [-0.2, 0) is 21.5 Å². The van der Waals surface area contributed by atoms with Gasteiger partial charge in [-0.1, -0.05) is 24.3 Å². The highest BCUT2D eigenvalue weighted by molar-refractivity contribution is 6.06. The lowest BCUT2D eigenvalue weighted by molar-refractivity contribution is -0.192. The number of fused-ring (bicyclic) bond motifs is 2. The Bertz CT molecular complexity index is 879. The lowest BCUT2D eigenvalue weighted by Gasteiger charge is -2.37. The number of halogens is 3. The van der Waals surface area contributed by atoms with E-state index < -0.39 is 12.1 Å². The highest BCUT2D eigenvalue weighted by Crippen LogP contribution is 2.44. The number of anilines is 1. The number of carbonyl (C=O) groups excluding carboxylic acids is 1. The lowest BCUT2D eigenvalue weighted by atomic mass is 9.73. The molecule has 0 radical (unpaired) electrons. The number of amides is 1. The summed E-state index contributed by atoms with van der Waals surface area (Å²) in [4.78, 5) is 28.2. The molecule has 2 aromatic rings. The maximum Gasteiger partial charge on any atom is 0.490 e. The van der Waals surface area contributed by atoms with Crippen molar-refractivity contribution in [1.82, 2.24) is 9.88 Å². The predicted molar refractivity (Wildman–Crippen MR) is 99.2 cm³/mol. The number of benzene rings is 1. The van der Waals surface area contributed by atoms with Crippen LogP contribution in [0.15, 0.2) is 48.7 Å². The molecule has 29 heavy (non-hydrogen) atoms. The standard InChI is InChI=1S/C18H19N3O.C2HF3O2/c22-17-18(15-6-1-2-7-16(15)20-17)8-11-21(12-9-18)13-14-5-3-4-10-19-14;3-2(4,5)1(6)7/h1-7,10H,8-9,11-13H2,(H,20,22);(H,6,7). The fourth-order valence-electron chi connectivity index (χ4n) is 3.68. The van der Waals surface area contributed by atoms with Crippen LogP contribution in [0.3, 0.4) is 0 Å². The Hall–Kier alpha value is -2.94. The summed E-state index contributed by atoms with van der Waals surface area (Å²) >= 11 is 0. The van der Waals surface area contributed by atoms with Gasteiger partial charge in [-0.25, -0.2) is 4.79 Å². The van der Waals surface area contributed by atoms with E-state index in [2.05, 4.69) is 27.3 Å². The Morgan fingerprint density at radius 1 is 1.14 bits per heavy atom. The first kappa shape index (κ1) is 20.8. The van der Waals surface area contributed by atoms with E-state index in [0.29, 0.717) is 0 Å². The van der Waals surface area contributed by atoms with Crippen molar-refractivity contribution in [2.45, 2.75) is 31.0 Å². The molecule has 0 unspecified atom stereocenters. The molecule has 1 saturated heterocycles. The molecule has 3 heterocycles. The molecule has 4 rings (SSSR count). The number of aliphatic carboxylic acids is 1. The van der Waals surface area contributed by atoms with Gasteiger partial charge in [0.05, 0.1) is 11.1 Å². The molecule has 1 aromatic heterocycles. The quantitative estimate of drug-likeness (QED) is 0.799. The van der Waals surface area contributed by atoms with Gasteiger partial charge in [0.25, 0.3) is 0 Å². The number of alkyl halides is 3. The second-order valence-corrected chi connectivity index (χ2v) is 6.98. The Kier molecular flexibility index (Phi) is 5.88. The molecule has 9 heteroatoms. The molecule has 154 valence electrons. The number of carboxylic acids is 1. The van der Waals surface area contributed by atoms with Gasteiger partial charge < -0.3 is 10.4 Å². The highest BCUT2D eigenvalue weighted by Gasteiger charge is 2.48. The molecule has 2 aliphatic rings. The van der Waals surface area contributed by atoms with Crippen molar-refractivity contribution in [3.8, 4) is 0 Å². The largest absolute Gasteiger partial charge is 0.490 e. The highest BCUT2D eigenvalue weighted by atomic mass is 19.4. The van der Waals surface area contributed by atoms with Crippen molar-refractivity contribution < 1.29 is 27.9 Å². The first-order chi connectivity index (χ1) is 13.7. The third-order valence-electron chi connectivity index (χ3n) is 5.19. The molecule has 0 saturated carbocycles. The van der Waals surface area contributed by atoms with Gasteiger partial charge in [-0.05, 0) is 49.7 Å². The predicted octanol–water partition coefficient (Wildman–Crippen LogP) is 3.20. The molecular formula is C20H20F3N3O3. The molecule has 1 aromatic carbocycles. The maximum absolute atomic E-state index is 12.5. The fourth-order valence-corrected chi connectivity index (χ4v) is 3.68. The summed E-state index contributed by atoms with van der Waals surface area (Å²) in [6.45, 7) is 2.72. The molecule has 0 aliphatic carbocycles. The van der Waals surface area contributed by atoms with E-state index in [1.807, 2.05) is 36.5 Å². The van der Waals surface area contributed by atoms with Crippen LogP contribution in [0.25, 0.3) is 0 Å². The topological polar surface area (TPSA) is 82.5 Å². The van der Waals surface area contributed by atoms with Crippen molar-refractivity contribution in [2.75, 3.05) is 18.4 Å². The number of hydrogen-bond donors (Lipinski definition) is 2. The summed E-state index contributed by atoms with van der Waals surface area (Å²) in [6.07, 6.45) is -1.49. The SMILES string of the molecule is O=C(O)C(F)(F)F.O=C1Nc2ccccc2C12CCN(Cc1ccccn1)CC2. The molecule has 1 spiro atoms. The number of nitrogens with one attached hydrogen (secondary N) is 1. The lowest BCUT2D eigenvalue weighted by Crippen LogP contribution is -2.46. The maximum atomic E-state index is 12.5. The van der Waals surface area contributed by atoms with Crippen molar-refractivity contribution in [1.29, 1.82) is 0 Å². The van der Waals surface area contributed by atoms with Gasteiger partial charge in [-0.3, -0.25) is 14.7 Å². The van der Waals surface area contributed by atoms with Crippen molar-refractivity contribution in [2.24, 2.45) is 0 Å². The second kappa shape index (κ2) is 8.20. The van der Waals surface area contributed by atoms with Gasteiger partial charge in [-0.15, -0.1) is 0 Å². The summed E-state index contributed by atoms with van der Waals surface area (Å²) < 4.78 is 31.7. The molecule has 2 aliphatic heterocycles. The zero-order valence-corrected chi connectivity index (χ0v) is 15.4. The minimum Gasteiger partial charge on any atom is -0.475 e. The fraction of sp³-hybridized carbons (Fsp3) is 0.350. The molecule has 6 nitrogen and oxygen atoms in total. The van der Waals surface area contributed by atoms with Gasteiger partial charge in [0.2, 0.25) is 5.91 Å². The molecular weight excluding hydrogens is 387 g/mol. The molecule has 0 bridgehead atoms. The van der Waals surface area contributed by atoms with Crippen LogP contribution in [0.1, 0.15) is 24.1 Å². The van der Waals surface area contributed by atoms with Crippen molar-refractivity contribution >= 4 is 17.6 Å². The van der Waals surface area contributed by atoms with Gasteiger partial charge >= 0.3 is 12.1 Å². The second-order valence-electron chi connectivity index (χ2n) is 6.98. The summed E-state index contributed by atoms with van der Waals surface area (Å²) in [5.74, 6) is -2.58. The zero-order chi connectivity index (χ0) is 21.1. The smallest absolute Gasteiger partial charge is 0.475 e. The van der Waals surface area contributed by atoms with E-state index in [1.54, 1.807) is 0 Å². The van der Waals surface area contributed by atoms with Crippen LogP contribution in [0.4, 0.5) is 18.9 Å². The van der Waals surface area contributed by atoms with E-state index in [1.165, 1.54) is 5.56 Å². The first-order valence-electron chi connectivity index (χ1n) is 9.06. The Morgan fingerprint density at radius 2 is 1.76 bits per heavy atom. The zero-order valence-electron chi connectivity index (χ0n) is 15.4. The third-order valence-corrected chi connectivity index (χ3v) is 5.19. The van der Waals surface area contributed by atoms with Crippen molar-refractivity contribution in [3.05, 3.63) is 59.9 Å². The van der Waals surface area contributed by atoms with Crippen LogP contribution in [0, 0.1) is 0 Å². The van der Waals surface area contributed by atoms with E-state index in [4.69, 9.17) is 9.90 Å². The number of piperidine rings is 1. The number of rotatable bonds is 2. The van der Waals surface area contributed by atoms with Crippen LogP contribution < -0.4 is 5.32 Å². The molecule has 2 N–H and O–H groups in total. The minimum absolute atomic E-state index is 0.172. The number of aromatic nitrogens is 1. The van der Waals surface area contributed by atoms with E-state index in [-0.39, 0.29) is 11.3 Å². The average Bonchev–Trinajstić information content (AvgIpc) is 2.96. The van der Waals surface area contributed by atoms with Gasteiger partial charge in [0, 0.05) is 18.4 Å². The Morgan fingerprint density at radius 3 is 2.34 bits per heavy atom. The Balaban J connectivity index is 0.000000298. The molecule has 1 fully saturated rings. The van der Waals surface area contributed by atoms with Crippen LogP contribution >= 0.6 is 0 Å². The number of carboxylic acid groups (broad SMARTS) is 1. The van der Waals surface area contributed by atoms with E-state index in [9.17, 15) is 18.0 Å². The summed E-state index contributed by atoms with van der Waals surface area (Å²) in [5, 5.41) is 10.2. The summed E-state index contributed by atoms with van der Waals surface area (Å²) in [6, 6.07) is 14.1. The summed E-state index contributed by atoms with van der Waals surface area (Å²) in [5.41, 5.74) is 2.94. The van der Waals surface area contributed by atoms with Crippen LogP contribution in [-0.4, -0.2) is 46.1 Å². The van der Waals surface area contributed by atoms with E-state index in [0.717, 1.165) is 43.9 Å². The summed E-state index contributed by atoms with van der Waals surface area (Å²) in [7, 11) is 0. The molecule has 0 atom stereocenters. The van der Waals surface area contributed by atoms with Gasteiger partial charge in [0.1, 0.15) is 0 Å².